The molecule has 2 N–H and O–H groups in total. The van der Waals surface area contributed by atoms with Gasteiger partial charge in [-0.2, -0.15) is 25.3 Å². The Kier molecular flexibility index (Phi) is 5.00. The fourth-order valence-electron chi connectivity index (χ4n) is 0.428. The highest BCUT2D eigenvalue weighted by molar-refractivity contribution is 7.86. The lowest BCUT2D eigenvalue weighted by Gasteiger charge is -2.20. The predicted molar refractivity (Wildman–Crippen MR) is 48.4 cm³/mol. The van der Waals surface area contributed by atoms with Crippen molar-refractivity contribution >= 4 is 34.1 Å². The molecule has 0 rings (SSSR count). The molecule has 0 saturated carbocycles. The van der Waals surface area contributed by atoms with Gasteiger partial charge in [0.1, 0.15) is 0 Å². The highest BCUT2D eigenvalue weighted by Gasteiger charge is 2.39. The van der Waals surface area contributed by atoms with Crippen LogP contribution >= 0.6 is 25.3 Å². The van der Waals surface area contributed by atoms with Crippen LogP contribution in [0.5, 0.6) is 0 Å². The van der Waals surface area contributed by atoms with Gasteiger partial charge in [0.2, 0.25) is 0 Å². The maximum Gasteiger partial charge on any atom is 0.509 e. The van der Waals surface area contributed by atoms with E-state index in [1.54, 1.807) is 6.92 Å². The molecule has 1 unspecified atom stereocenters. The van der Waals surface area contributed by atoms with E-state index >= 15 is 0 Å². The Morgan fingerprint density at radius 3 is 2.40 bits per heavy atom. The lowest BCUT2D eigenvalue weighted by molar-refractivity contribution is 0.156. The minimum atomic E-state index is -3.52. The maximum absolute atomic E-state index is 9.13. The zero-order valence-corrected chi connectivity index (χ0v) is 8.48. The van der Waals surface area contributed by atoms with Gasteiger partial charge in [-0.05, 0) is 6.92 Å². The Bertz CT molecular complexity index is 101. The topological polar surface area (TPSA) is 49.7 Å². The summed E-state index contributed by atoms with van der Waals surface area (Å²) in [4.78, 5) is 17.7. The quantitative estimate of drug-likeness (QED) is 0.373. The van der Waals surface area contributed by atoms with Gasteiger partial charge in [-0.15, -0.1) is 0 Å². The molecule has 0 spiro atoms. The summed E-state index contributed by atoms with van der Waals surface area (Å²) in [6.45, 7) is 2.00. The van der Waals surface area contributed by atoms with Gasteiger partial charge < -0.3 is 14.0 Å². The Morgan fingerprint density at radius 2 is 2.10 bits per heavy atom. The van der Waals surface area contributed by atoms with Gasteiger partial charge in [0, 0.05) is 12.4 Å². The monoisotopic (exact) mass is 200 g/mol. The molecule has 3 nitrogen and oxygen atoms in total. The first-order valence-corrected chi connectivity index (χ1v) is 5.95. The zero-order valence-electron chi connectivity index (χ0n) is 5.69. The average Bonchev–Trinajstić information content (AvgIpc) is 1.86. The van der Waals surface area contributed by atoms with Crippen molar-refractivity contribution in [2.24, 2.45) is 0 Å². The van der Waals surface area contributed by atoms with Crippen LogP contribution < -0.4 is 0 Å². The van der Waals surface area contributed by atoms with E-state index in [9.17, 15) is 0 Å². The lowest BCUT2D eigenvalue weighted by atomic mass is 10.9. The van der Waals surface area contributed by atoms with Crippen LogP contribution in [-0.2, 0) is 4.43 Å². The highest BCUT2D eigenvalue weighted by Crippen LogP contribution is 2.10. The Balaban J connectivity index is 3.82. The maximum atomic E-state index is 9.13. The molecule has 0 aromatic rings. The minimum absolute atomic E-state index is 0.296. The molecule has 0 heterocycles. The van der Waals surface area contributed by atoms with Gasteiger partial charge in [0.15, 0.2) is 0 Å². The van der Waals surface area contributed by atoms with E-state index < -0.39 is 13.7 Å². The van der Waals surface area contributed by atoms with Gasteiger partial charge in [-0.25, -0.2) is 0 Å². The molecule has 0 bridgehead atoms. The van der Waals surface area contributed by atoms with Crippen molar-refractivity contribution in [3.63, 3.8) is 0 Å². The van der Waals surface area contributed by atoms with Crippen molar-refractivity contribution < 1.29 is 14.0 Å². The second kappa shape index (κ2) is 4.63. The zero-order chi connectivity index (χ0) is 8.20. The minimum Gasteiger partial charge on any atom is -0.389 e. The Labute approximate surface area is 72.6 Å². The van der Waals surface area contributed by atoms with Crippen molar-refractivity contribution in [3.8, 4) is 0 Å². The summed E-state index contributed by atoms with van der Waals surface area (Å²) in [5.74, 6) is 0.308. The predicted octanol–water partition coefficient (Wildman–Crippen LogP) is -0.286. The van der Waals surface area contributed by atoms with Crippen LogP contribution in [0.3, 0.4) is 0 Å². The largest absolute Gasteiger partial charge is 0.509 e. The fourth-order valence-corrected chi connectivity index (χ4v) is 2.22. The van der Waals surface area contributed by atoms with Crippen LogP contribution in [0.4, 0.5) is 0 Å². The smallest absolute Gasteiger partial charge is 0.389 e. The molecular formula is C4H12O3S2Si. The van der Waals surface area contributed by atoms with Crippen LogP contribution in [0.25, 0.3) is 0 Å². The summed E-state index contributed by atoms with van der Waals surface area (Å²) in [6, 6.07) is 0. The number of hydrogen-bond donors (Lipinski definition) is 4. The van der Waals surface area contributed by atoms with Crippen LogP contribution in [0, 0.1) is 0 Å². The van der Waals surface area contributed by atoms with Gasteiger partial charge >= 0.3 is 8.80 Å². The number of thiol groups is 2. The van der Waals surface area contributed by atoms with Crippen molar-refractivity contribution in [2.75, 3.05) is 12.4 Å². The Morgan fingerprint density at radius 1 is 1.60 bits per heavy atom. The normalized spacial score (nSPS) is 15.3. The second-order valence-electron chi connectivity index (χ2n) is 1.79. The summed E-state index contributed by atoms with van der Waals surface area (Å²) in [6.07, 6.45) is 0. The summed E-state index contributed by atoms with van der Waals surface area (Å²) in [5, 5.41) is 0. The van der Waals surface area contributed by atoms with E-state index in [0.29, 0.717) is 12.4 Å². The van der Waals surface area contributed by atoms with Gasteiger partial charge in [0.05, 0.1) is 4.87 Å². The Hall–Kier alpha value is 0.797. The van der Waals surface area contributed by atoms with Gasteiger partial charge in [0.25, 0.3) is 0 Å². The van der Waals surface area contributed by atoms with Crippen LogP contribution in [0.15, 0.2) is 0 Å². The van der Waals surface area contributed by atoms with E-state index in [2.05, 4.69) is 25.3 Å². The molecule has 1 atom stereocenters. The third-order valence-corrected chi connectivity index (χ3v) is 4.94. The SMILES string of the molecule is CCO[Si](O)(O)C(S)CS. The van der Waals surface area contributed by atoms with Crippen molar-refractivity contribution in [3.05, 3.63) is 0 Å². The van der Waals surface area contributed by atoms with Crippen LogP contribution in [-0.4, -0.2) is 35.6 Å². The first-order chi connectivity index (χ1) is 4.54. The molecule has 0 amide bonds. The van der Waals surface area contributed by atoms with E-state index in [4.69, 9.17) is 14.0 Å². The molecule has 0 aliphatic carbocycles. The molecule has 6 heteroatoms. The van der Waals surface area contributed by atoms with Crippen molar-refractivity contribution in [1.82, 2.24) is 0 Å². The third kappa shape index (κ3) is 3.27. The van der Waals surface area contributed by atoms with E-state index in [1.807, 2.05) is 0 Å². The molecule has 0 saturated heterocycles. The average molecular weight is 200 g/mol. The summed E-state index contributed by atoms with van der Waals surface area (Å²) in [5.41, 5.74) is 0. The first kappa shape index (κ1) is 10.8. The lowest BCUT2D eigenvalue weighted by Crippen LogP contribution is -2.49. The number of hydrogen-bond acceptors (Lipinski definition) is 5. The molecule has 0 fully saturated rings. The molecule has 0 aromatic carbocycles. The van der Waals surface area contributed by atoms with Gasteiger partial charge in [-0.3, -0.25) is 0 Å². The van der Waals surface area contributed by atoms with Crippen LogP contribution in [0.1, 0.15) is 6.92 Å². The fraction of sp³-hybridized carbons (Fsp3) is 1.00. The van der Waals surface area contributed by atoms with Gasteiger partial charge in [-0.1, -0.05) is 0 Å². The molecule has 0 aliphatic rings. The first-order valence-electron chi connectivity index (χ1n) is 2.92. The molecule has 0 aliphatic heterocycles. The molecular weight excluding hydrogens is 188 g/mol. The van der Waals surface area contributed by atoms with Crippen molar-refractivity contribution in [1.29, 1.82) is 0 Å². The van der Waals surface area contributed by atoms with Crippen molar-refractivity contribution in [2.45, 2.75) is 11.8 Å². The third-order valence-electron chi connectivity index (χ3n) is 0.964. The van der Waals surface area contributed by atoms with E-state index in [1.165, 1.54) is 0 Å². The standard InChI is InChI=1S/C4H12O3S2Si/c1-2-7-10(5,6)4(9)3-8/h4-6,8-9H,2-3H2,1H3. The van der Waals surface area contributed by atoms with E-state index in [-0.39, 0.29) is 0 Å². The molecule has 62 valence electrons. The second-order valence-corrected chi connectivity index (χ2v) is 5.57. The van der Waals surface area contributed by atoms with E-state index in [0.717, 1.165) is 0 Å². The molecule has 10 heavy (non-hydrogen) atoms. The molecule has 0 aromatic heterocycles. The summed E-state index contributed by atoms with van der Waals surface area (Å²) < 4.78 is 4.71. The number of rotatable bonds is 4. The summed E-state index contributed by atoms with van der Waals surface area (Å²) in [7, 11) is -3.52. The molecule has 0 radical (unpaired) electrons. The van der Waals surface area contributed by atoms with Crippen LogP contribution in [0.2, 0.25) is 0 Å². The highest BCUT2D eigenvalue weighted by atomic mass is 32.1. The summed E-state index contributed by atoms with van der Waals surface area (Å²) >= 11 is 7.77.